The number of anilines is 1. The van der Waals surface area contributed by atoms with Gasteiger partial charge in [-0.1, -0.05) is 20.3 Å². The van der Waals surface area contributed by atoms with E-state index in [1.165, 1.54) is 11.3 Å². The minimum absolute atomic E-state index is 0.838. The Hall–Kier alpha value is -1.94. The minimum Gasteiger partial charge on any atom is -0.397 e. The van der Waals surface area contributed by atoms with Crippen molar-refractivity contribution in [1.29, 1.82) is 0 Å². The lowest BCUT2D eigenvalue weighted by molar-refractivity contribution is 0.659. The maximum Gasteiger partial charge on any atom is 0.141 e. The zero-order valence-electron chi connectivity index (χ0n) is 17.7. The van der Waals surface area contributed by atoms with Gasteiger partial charge in [0.05, 0.1) is 17.6 Å². The normalized spacial score (nSPS) is 11.0. The predicted molar refractivity (Wildman–Crippen MR) is 131 cm³/mol. The largest absolute Gasteiger partial charge is 0.397 e. The first kappa shape index (κ1) is 22.7. The average molecular weight is 462 g/mol. The van der Waals surface area contributed by atoms with Crippen LogP contribution in [0.3, 0.4) is 0 Å². The fourth-order valence-corrected chi connectivity index (χ4v) is 5.12. The molecular weight excluding hydrogens is 434 g/mol. The molecule has 0 saturated heterocycles. The molecule has 4 aromatic rings. The molecule has 0 bridgehead atoms. The summed E-state index contributed by atoms with van der Waals surface area (Å²) in [5, 5.41) is 3.91. The van der Waals surface area contributed by atoms with Crippen LogP contribution in [0, 0.1) is 6.92 Å². The number of aromatic nitrogens is 4. The first-order valence-electron chi connectivity index (χ1n) is 9.88. The van der Waals surface area contributed by atoms with Crippen LogP contribution in [0.4, 0.5) is 5.69 Å². The number of rotatable bonds is 6. The van der Waals surface area contributed by atoms with Gasteiger partial charge in [-0.25, -0.2) is 15.0 Å². The van der Waals surface area contributed by atoms with Gasteiger partial charge in [-0.2, -0.15) is 0 Å². The molecule has 0 spiro atoms. The molecule has 4 heterocycles. The molecule has 4 rings (SSSR count). The van der Waals surface area contributed by atoms with Crippen LogP contribution in [0.5, 0.6) is 0 Å². The Labute approximate surface area is 189 Å². The third-order valence-corrected chi connectivity index (χ3v) is 7.34. The van der Waals surface area contributed by atoms with E-state index < -0.39 is 0 Å². The lowest BCUT2D eigenvalue weighted by atomic mass is 10.1. The molecule has 0 unspecified atom stereocenters. The van der Waals surface area contributed by atoms with Crippen molar-refractivity contribution in [1.82, 2.24) is 19.5 Å². The van der Waals surface area contributed by atoms with Crippen molar-refractivity contribution in [2.45, 2.75) is 40.0 Å². The van der Waals surface area contributed by atoms with Gasteiger partial charge < -0.3 is 14.9 Å². The zero-order valence-corrected chi connectivity index (χ0v) is 20.1. The molecule has 3 N–H and O–H groups in total. The third-order valence-electron chi connectivity index (χ3n) is 4.83. The molecule has 0 aromatic carbocycles. The Bertz CT molecular complexity index is 1100. The molecule has 0 amide bonds. The van der Waals surface area contributed by atoms with E-state index in [2.05, 4.69) is 34.4 Å². The molecule has 0 atom stereocenters. The van der Waals surface area contributed by atoms with Crippen LogP contribution in [-0.4, -0.2) is 29.8 Å². The van der Waals surface area contributed by atoms with Gasteiger partial charge in [0.1, 0.15) is 21.4 Å². The van der Waals surface area contributed by atoms with Crippen molar-refractivity contribution < 1.29 is 4.55 Å². The number of thiophene rings is 1. The van der Waals surface area contributed by atoms with Crippen molar-refractivity contribution in [3.8, 4) is 22.0 Å². The van der Waals surface area contributed by atoms with E-state index in [0.29, 0.717) is 0 Å². The second-order valence-electron chi connectivity index (χ2n) is 6.80. The standard InChI is InChI=1S/C17H17N5S2.C4H10OS/c1-4-13-15(18)14-10(12-8-20-9(2)22(12)3)7-11(21-17(14)24-13)16-19-5-6-23-16;1-2-3-4-6-5/h5-8H,4,18H2,1-3H3;5H,2-4H2,1H3. The Morgan fingerprint density at radius 1 is 1.27 bits per heavy atom. The number of hydrogen-bond acceptors (Lipinski definition) is 8. The van der Waals surface area contributed by atoms with Crippen LogP contribution in [0.2, 0.25) is 0 Å². The van der Waals surface area contributed by atoms with E-state index in [0.717, 1.165) is 74.3 Å². The van der Waals surface area contributed by atoms with E-state index in [4.69, 9.17) is 15.3 Å². The van der Waals surface area contributed by atoms with Crippen molar-refractivity contribution in [3.05, 3.63) is 34.5 Å². The lowest BCUT2D eigenvalue weighted by Crippen LogP contribution is -1.97. The second kappa shape index (κ2) is 10.4. The van der Waals surface area contributed by atoms with Gasteiger partial charge in [0.2, 0.25) is 0 Å². The molecule has 6 nitrogen and oxygen atoms in total. The van der Waals surface area contributed by atoms with Crippen LogP contribution >= 0.6 is 34.7 Å². The van der Waals surface area contributed by atoms with E-state index in [-0.39, 0.29) is 0 Å². The lowest BCUT2D eigenvalue weighted by Gasteiger charge is -2.08. The number of imidazole rings is 1. The monoisotopic (exact) mass is 461 g/mol. The fraction of sp³-hybridized carbons (Fsp3) is 0.381. The van der Waals surface area contributed by atoms with Crippen molar-refractivity contribution in [3.63, 3.8) is 0 Å². The van der Waals surface area contributed by atoms with E-state index >= 15 is 0 Å². The number of unbranched alkanes of at least 4 members (excludes halogenated alkanes) is 1. The number of nitrogens with zero attached hydrogens (tertiary/aromatic N) is 4. The molecule has 0 fully saturated rings. The molecule has 0 radical (unpaired) electrons. The highest BCUT2D eigenvalue weighted by molar-refractivity contribution is 7.93. The SMILES string of the molecule is CCCCSO.CCc1sc2nc(-c3nccs3)cc(-c3cnc(C)n3C)c2c1N. The van der Waals surface area contributed by atoms with Gasteiger partial charge in [0.15, 0.2) is 0 Å². The summed E-state index contributed by atoms with van der Waals surface area (Å²) in [7, 11) is 2.02. The molecule has 160 valence electrons. The molecule has 0 aliphatic heterocycles. The highest BCUT2D eigenvalue weighted by atomic mass is 32.2. The summed E-state index contributed by atoms with van der Waals surface area (Å²) in [5.41, 5.74) is 10.3. The molecule has 0 saturated carbocycles. The highest BCUT2D eigenvalue weighted by Gasteiger charge is 2.19. The van der Waals surface area contributed by atoms with Crippen LogP contribution in [0.15, 0.2) is 23.8 Å². The fourth-order valence-electron chi connectivity index (χ4n) is 3.05. The maximum atomic E-state index is 8.11. The smallest absolute Gasteiger partial charge is 0.141 e. The zero-order chi connectivity index (χ0) is 21.7. The number of hydrogen-bond donors (Lipinski definition) is 2. The van der Waals surface area contributed by atoms with Crippen LogP contribution in [0.25, 0.3) is 32.2 Å². The Kier molecular flexibility index (Phi) is 7.87. The predicted octanol–water partition coefficient (Wildman–Crippen LogP) is 6.27. The summed E-state index contributed by atoms with van der Waals surface area (Å²) >= 11 is 4.19. The van der Waals surface area contributed by atoms with E-state index in [9.17, 15) is 0 Å². The summed E-state index contributed by atoms with van der Waals surface area (Å²) < 4.78 is 10.2. The Balaban J connectivity index is 0.000000377. The van der Waals surface area contributed by atoms with Crippen LogP contribution in [-0.2, 0) is 13.5 Å². The maximum absolute atomic E-state index is 8.11. The summed E-state index contributed by atoms with van der Waals surface area (Å²) in [5.74, 6) is 1.85. The van der Waals surface area contributed by atoms with Gasteiger partial charge in [-0.05, 0) is 37.9 Å². The number of nitrogen functional groups attached to an aromatic ring is 1. The molecule has 9 heteroatoms. The molecule has 0 aliphatic carbocycles. The summed E-state index contributed by atoms with van der Waals surface area (Å²) in [6.07, 6.45) is 6.91. The molecule has 4 aromatic heterocycles. The number of aryl methyl sites for hydroxylation is 2. The average Bonchev–Trinajstić information content (AvgIpc) is 3.47. The number of nitrogens with two attached hydrogens (primary N) is 1. The van der Waals surface area contributed by atoms with Gasteiger partial charge in [-0.3, -0.25) is 0 Å². The quantitative estimate of drug-likeness (QED) is 0.260. The van der Waals surface area contributed by atoms with Crippen LogP contribution in [0.1, 0.15) is 37.4 Å². The summed E-state index contributed by atoms with van der Waals surface area (Å²) in [6.45, 7) is 6.23. The first-order valence-corrected chi connectivity index (χ1v) is 12.5. The minimum atomic E-state index is 0.838. The Morgan fingerprint density at radius 3 is 2.60 bits per heavy atom. The van der Waals surface area contributed by atoms with Crippen molar-refractivity contribution in [2.24, 2.45) is 7.05 Å². The molecule has 0 aliphatic rings. The van der Waals surface area contributed by atoms with Crippen LogP contribution < -0.4 is 5.73 Å². The van der Waals surface area contributed by atoms with Gasteiger partial charge >= 0.3 is 0 Å². The topological polar surface area (TPSA) is 89.9 Å². The van der Waals surface area contributed by atoms with Crippen molar-refractivity contribution in [2.75, 3.05) is 11.5 Å². The summed E-state index contributed by atoms with van der Waals surface area (Å²) in [6, 6.07) is 2.08. The number of thiazole rings is 1. The van der Waals surface area contributed by atoms with E-state index in [1.54, 1.807) is 28.9 Å². The summed E-state index contributed by atoms with van der Waals surface area (Å²) in [4.78, 5) is 15.8. The van der Waals surface area contributed by atoms with Gasteiger partial charge in [0, 0.05) is 40.2 Å². The molecular formula is C21H27N5OS3. The number of pyridine rings is 1. The first-order chi connectivity index (χ1) is 14.5. The van der Waals surface area contributed by atoms with Gasteiger partial charge in [0.25, 0.3) is 0 Å². The third kappa shape index (κ3) is 4.69. The van der Waals surface area contributed by atoms with Gasteiger partial charge in [-0.15, -0.1) is 22.7 Å². The highest BCUT2D eigenvalue weighted by Crippen LogP contribution is 2.41. The van der Waals surface area contributed by atoms with E-state index in [1.807, 2.05) is 25.5 Å². The molecule has 30 heavy (non-hydrogen) atoms. The Morgan fingerprint density at radius 2 is 2.07 bits per heavy atom. The van der Waals surface area contributed by atoms with Crippen molar-refractivity contribution >= 4 is 50.6 Å². The second-order valence-corrected chi connectivity index (χ2v) is 9.45. The number of fused-ring (bicyclic) bond motifs is 1.